The fraction of sp³-hybridized carbons (Fsp3) is 0.143. The zero-order valence-corrected chi connectivity index (χ0v) is 9.04. The van der Waals surface area contributed by atoms with E-state index in [9.17, 15) is 13.2 Å². The fourth-order valence-electron chi connectivity index (χ4n) is 1.61. The molecule has 0 radical (unpaired) electrons. The Bertz CT molecular complexity index is 475. The lowest BCUT2D eigenvalue weighted by Gasteiger charge is -2.12. The van der Waals surface area contributed by atoms with Crippen molar-refractivity contribution in [2.24, 2.45) is 0 Å². The molecule has 0 aliphatic heterocycles. The van der Waals surface area contributed by atoms with Gasteiger partial charge in [0.2, 0.25) is 0 Å². The van der Waals surface area contributed by atoms with Gasteiger partial charge in [-0.05, 0) is 11.1 Å². The normalized spacial score (nSPS) is 11.5. The highest BCUT2D eigenvalue weighted by molar-refractivity contribution is 5.63. The van der Waals surface area contributed by atoms with E-state index in [1.165, 1.54) is 12.1 Å². The molecule has 0 saturated carbocycles. The van der Waals surface area contributed by atoms with Crippen molar-refractivity contribution < 1.29 is 13.2 Å². The van der Waals surface area contributed by atoms with E-state index in [1.807, 2.05) is 30.3 Å². The Morgan fingerprint density at radius 1 is 0.765 bits per heavy atom. The monoisotopic (exact) mass is 236 g/mol. The van der Waals surface area contributed by atoms with Gasteiger partial charge < -0.3 is 0 Å². The van der Waals surface area contributed by atoms with Crippen LogP contribution >= 0.6 is 0 Å². The minimum absolute atomic E-state index is 0.292. The maximum atomic E-state index is 13.0. The second-order valence-corrected chi connectivity index (χ2v) is 3.78. The van der Waals surface area contributed by atoms with E-state index in [-0.39, 0.29) is 5.56 Å². The lowest BCUT2D eigenvalue weighted by molar-refractivity contribution is -0.0280. The molecule has 17 heavy (non-hydrogen) atoms. The van der Waals surface area contributed by atoms with Gasteiger partial charge in [0.15, 0.2) is 6.67 Å². The molecule has 88 valence electrons. The van der Waals surface area contributed by atoms with Crippen molar-refractivity contribution in [3.05, 3.63) is 60.2 Å². The molecule has 2 aromatic rings. The summed E-state index contributed by atoms with van der Waals surface area (Å²) in [6.07, 6.45) is 0. The van der Waals surface area contributed by atoms with Gasteiger partial charge in [0.25, 0.3) is 0 Å². The molecule has 2 rings (SSSR count). The highest BCUT2D eigenvalue weighted by Crippen LogP contribution is 2.30. The summed E-state index contributed by atoms with van der Waals surface area (Å²) in [4.78, 5) is 0. The molecule has 0 aromatic heterocycles. The molecule has 3 heteroatoms. The third kappa shape index (κ3) is 2.49. The van der Waals surface area contributed by atoms with Crippen LogP contribution in [0.5, 0.6) is 0 Å². The van der Waals surface area contributed by atoms with Gasteiger partial charge in [0.1, 0.15) is 0 Å². The molecule has 0 fully saturated rings. The van der Waals surface area contributed by atoms with Gasteiger partial charge in [0, 0.05) is 5.56 Å². The molecule has 0 nitrogen and oxygen atoms in total. The van der Waals surface area contributed by atoms with Gasteiger partial charge in [-0.15, -0.1) is 0 Å². The molecule has 0 aliphatic rings. The summed E-state index contributed by atoms with van der Waals surface area (Å²) in [7, 11) is 0. The van der Waals surface area contributed by atoms with Crippen LogP contribution in [0.3, 0.4) is 0 Å². The predicted octanol–water partition coefficient (Wildman–Crippen LogP) is 4.41. The quantitative estimate of drug-likeness (QED) is 0.740. The average molecular weight is 236 g/mol. The van der Waals surface area contributed by atoms with Gasteiger partial charge in [-0.2, -0.15) is 8.78 Å². The Hall–Kier alpha value is -1.77. The van der Waals surface area contributed by atoms with Crippen LogP contribution in [0.4, 0.5) is 13.2 Å². The number of halogens is 3. The van der Waals surface area contributed by atoms with E-state index < -0.39 is 12.6 Å². The minimum atomic E-state index is -3.39. The fourth-order valence-corrected chi connectivity index (χ4v) is 1.61. The molecule has 0 N–H and O–H groups in total. The summed E-state index contributed by atoms with van der Waals surface area (Å²) in [5.41, 5.74) is 1.49. The number of hydrogen-bond donors (Lipinski definition) is 0. The number of alkyl halides is 3. The largest absolute Gasteiger partial charge is 0.301 e. The molecule has 0 saturated heterocycles. The lowest BCUT2D eigenvalue weighted by atomic mass is 10.0. The van der Waals surface area contributed by atoms with Crippen molar-refractivity contribution in [1.82, 2.24) is 0 Å². The zero-order valence-electron chi connectivity index (χ0n) is 9.04. The van der Waals surface area contributed by atoms with Crippen molar-refractivity contribution in [3.63, 3.8) is 0 Å². The first-order chi connectivity index (χ1) is 8.13. The number of rotatable bonds is 3. The van der Waals surface area contributed by atoms with E-state index in [4.69, 9.17) is 0 Å². The molecule has 0 atom stereocenters. The molecule has 0 heterocycles. The van der Waals surface area contributed by atoms with Crippen molar-refractivity contribution in [3.8, 4) is 11.1 Å². The summed E-state index contributed by atoms with van der Waals surface area (Å²) in [5, 5.41) is 0. The van der Waals surface area contributed by atoms with Gasteiger partial charge in [-0.1, -0.05) is 54.6 Å². The van der Waals surface area contributed by atoms with Gasteiger partial charge in [-0.25, -0.2) is 4.39 Å². The molecule has 0 amide bonds. The Kier molecular flexibility index (Phi) is 3.18. The molecule has 2 aromatic carbocycles. The summed E-state index contributed by atoms with van der Waals surface area (Å²) in [6.45, 7) is -1.67. The third-order valence-corrected chi connectivity index (χ3v) is 2.58. The Labute approximate surface area is 97.7 Å². The van der Waals surface area contributed by atoms with Gasteiger partial charge >= 0.3 is 5.92 Å². The van der Waals surface area contributed by atoms with Crippen LogP contribution in [-0.4, -0.2) is 6.67 Å². The average Bonchev–Trinajstić information content (AvgIpc) is 2.40. The Morgan fingerprint density at radius 2 is 1.29 bits per heavy atom. The second kappa shape index (κ2) is 4.62. The van der Waals surface area contributed by atoms with Crippen LogP contribution in [0.15, 0.2) is 54.6 Å². The minimum Gasteiger partial charge on any atom is -0.244 e. The maximum Gasteiger partial charge on any atom is 0.301 e. The van der Waals surface area contributed by atoms with E-state index in [0.29, 0.717) is 0 Å². The van der Waals surface area contributed by atoms with Gasteiger partial charge in [0.05, 0.1) is 0 Å². The lowest BCUT2D eigenvalue weighted by Crippen LogP contribution is -2.15. The maximum absolute atomic E-state index is 13.0. The van der Waals surface area contributed by atoms with E-state index >= 15 is 0 Å². The molecule has 0 aliphatic carbocycles. The molecular weight excluding hydrogens is 225 g/mol. The smallest absolute Gasteiger partial charge is 0.244 e. The highest BCUT2D eigenvalue weighted by atomic mass is 19.3. The summed E-state index contributed by atoms with van der Waals surface area (Å²) >= 11 is 0. The Balaban J connectivity index is 2.31. The molecule has 0 unspecified atom stereocenters. The van der Waals surface area contributed by atoms with Crippen molar-refractivity contribution in [2.45, 2.75) is 5.92 Å². The summed E-state index contributed by atoms with van der Waals surface area (Å²) in [6, 6.07) is 15.1. The SMILES string of the molecule is FCC(F)(F)c1ccc(-c2ccccc2)cc1. The summed E-state index contributed by atoms with van der Waals surface area (Å²) in [5.74, 6) is -3.39. The van der Waals surface area contributed by atoms with Crippen molar-refractivity contribution in [1.29, 1.82) is 0 Å². The highest BCUT2D eigenvalue weighted by Gasteiger charge is 2.31. The summed E-state index contributed by atoms with van der Waals surface area (Å²) < 4.78 is 38.2. The molecule has 0 bridgehead atoms. The van der Waals surface area contributed by atoms with Crippen molar-refractivity contribution >= 4 is 0 Å². The first kappa shape index (κ1) is 11.7. The van der Waals surface area contributed by atoms with E-state index in [2.05, 4.69) is 0 Å². The van der Waals surface area contributed by atoms with Crippen LogP contribution in [0.2, 0.25) is 0 Å². The van der Waals surface area contributed by atoms with Crippen molar-refractivity contribution in [2.75, 3.05) is 6.67 Å². The second-order valence-electron chi connectivity index (χ2n) is 3.78. The van der Waals surface area contributed by atoms with Crippen LogP contribution in [0.1, 0.15) is 5.56 Å². The molecule has 0 spiro atoms. The first-order valence-corrected chi connectivity index (χ1v) is 5.23. The predicted molar refractivity (Wildman–Crippen MR) is 61.7 cm³/mol. The number of benzene rings is 2. The van der Waals surface area contributed by atoms with Crippen LogP contribution in [0.25, 0.3) is 11.1 Å². The Morgan fingerprint density at radius 3 is 1.82 bits per heavy atom. The topological polar surface area (TPSA) is 0 Å². The standard InChI is InChI=1S/C14H11F3/c15-10-14(16,17)13-8-6-12(7-9-13)11-4-2-1-3-5-11/h1-9H,10H2. The van der Waals surface area contributed by atoms with Crippen LogP contribution < -0.4 is 0 Å². The van der Waals surface area contributed by atoms with Gasteiger partial charge in [-0.3, -0.25) is 0 Å². The molecular formula is C14H11F3. The van der Waals surface area contributed by atoms with E-state index in [0.717, 1.165) is 11.1 Å². The number of hydrogen-bond acceptors (Lipinski definition) is 0. The first-order valence-electron chi connectivity index (χ1n) is 5.23. The van der Waals surface area contributed by atoms with E-state index in [1.54, 1.807) is 12.1 Å². The third-order valence-electron chi connectivity index (χ3n) is 2.58. The zero-order chi connectivity index (χ0) is 12.3. The van der Waals surface area contributed by atoms with Crippen LogP contribution in [0, 0.1) is 0 Å². The van der Waals surface area contributed by atoms with Crippen LogP contribution in [-0.2, 0) is 5.92 Å².